The van der Waals surface area contributed by atoms with Gasteiger partial charge in [0.05, 0.1) is 28.3 Å². The van der Waals surface area contributed by atoms with Crippen molar-refractivity contribution in [3.05, 3.63) is 63.6 Å². The number of nitrogens with two attached hydrogens (primary N) is 1. The van der Waals surface area contributed by atoms with Crippen LogP contribution in [0.3, 0.4) is 0 Å². The largest absolute Gasteiger partial charge is 0.490 e. The lowest BCUT2D eigenvalue weighted by Gasteiger charge is -2.24. The van der Waals surface area contributed by atoms with Crippen LogP contribution in [0, 0.1) is 0 Å². The number of aliphatic hydroxyl groups is 1. The van der Waals surface area contributed by atoms with Crippen LogP contribution in [0.5, 0.6) is 5.75 Å². The first kappa shape index (κ1) is 18.5. The van der Waals surface area contributed by atoms with Gasteiger partial charge in [0.15, 0.2) is 0 Å². The normalized spacial score (nSPS) is 17.9. The Morgan fingerprint density at radius 2 is 1.56 bits per heavy atom. The van der Waals surface area contributed by atoms with Gasteiger partial charge < -0.3 is 15.6 Å². The molecule has 0 saturated heterocycles. The molecular formula is C20H23Cl2NO2. The van der Waals surface area contributed by atoms with Gasteiger partial charge in [-0.25, -0.2) is 0 Å². The highest BCUT2D eigenvalue weighted by Crippen LogP contribution is 2.32. The van der Waals surface area contributed by atoms with Crippen LogP contribution in [0.4, 0.5) is 0 Å². The molecule has 3 N–H and O–H groups in total. The van der Waals surface area contributed by atoms with E-state index in [0.29, 0.717) is 16.1 Å². The lowest BCUT2D eigenvalue weighted by Crippen LogP contribution is -2.20. The maximum atomic E-state index is 10.6. The van der Waals surface area contributed by atoms with E-state index in [2.05, 4.69) is 0 Å². The van der Waals surface area contributed by atoms with Crippen molar-refractivity contribution in [2.45, 2.75) is 50.4 Å². The van der Waals surface area contributed by atoms with Crippen LogP contribution in [0.15, 0.2) is 42.5 Å². The average Bonchev–Trinajstić information content (AvgIpc) is 2.64. The van der Waals surface area contributed by atoms with E-state index in [0.717, 1.165) is 29.7 Å². The van der Waals surface area contributed by atoms with Crippen LogP contribution < -0.4 is 10.5 Å². The second-order valence-electron chi connectivity index (χ2n) is 6.59. The Labute approximate surface area is 158 Å². The summed E-state index contributed by atoms with van der Waals surface area (Å²) in [7, 11) is 0. The SMILES string of the molecule is N[C@@H](c1ccc(Cl)c(Cl)c1)[C@H](O)c1ccc(OC2CCCCC2)cc1. The number of aliphatic hydroxyl groups excluding tert-OH is 1. The van der Waals surface area contributed by atoms with E-state index in [4.69, 9.17) is 33.7 Å². The Morgan fingerprint density at radius 1 is 0.920 bits per heavy atom. The van der Waals surface area contributed by atoms with Gasteiger partial charge in [0, 0.05) is 0 Å². The van der Waals surface area contributed by atoms with Crippen LogP contribution in [-0.4, -0.2) is 11.2 Å². The maximum absolute atomic E-state index is 10.6. The molecular weight excluding hydrogens is 357 g/mol. The first-order chi connectivity index (χ1) is 12.0. The fourth-order valence-corrected chi connectivity index (χ4v) is 3.53. The van der Waals surface area contributed by atoms with Gasteiger partial charge in [0.2, 0.25) is 0 Å². The van der Waals surface area contributed by atoms with E-state index >= 15 is 0 Å². The Bertz CT molecular complexity index is 699. The van der Waals surface area contributed by atoms with Crippen molar-refractivity contribution >= 4 is 23.2 Å². The third kappa shape index (κ3) is 4.68. The predicted octanol–water partition coefficient (Wildman–Crippen LogP) is 5.44. The fourth-order valence-electron chi connectivity index (χ4n) is 3.23. The molecule has 1 aliphatic rings. The third-order valence-corrected chi connectivity index (χ3v) is 5.48. The molecule has 0 aromatic heterocycles. The number of hydrogen-bond donors (Lipinski definition) is 2. The number of rotatable bonds is 5. The minimum absolute atomic E-state index is 0.308. The lowest BCUT2D eigenvalue weighted by molar-refractivity contribution is 0.145. The summed E-state index contributed by atoms with van der Waals surface area (Å²) in [6, 6.07) is 12.1. The quantitative estimate of drug-likeness (QED) is 0.726. The standard InChI is InChI=1S/C20H23Cl2NO2/c21-17-11-8-14(12-18(17)22)19(23)20(24)13-6-9-16(10-7-13)25-15-4-2-1-3-5-15/h6-12,15,19-20,24H,1-5,23H2/t19-,20+/m0/s1. The van der Waals surface area contributed by atoms with Gasteiger partial charge in [-0.3, -0.25) is 0 Å². The van der Waals surface area contributed by atoms with Crippen molar-refractivity contribution in [3.63, 3.8) is 0 Å². The molecule has 0 spiro atoms. The third-order valence-electron chi connectivity index (χ3n) is 4.75. The number of halogens is 2. The Balaban J connectivity index is 1.66. The molecule has 0 heterocycles. The van der Waals surface area contributed by atoms with E-state index in [9.17, 15) is 5.11 Å². The average molecular weight is 380 g/mol. The molecule has 25 heavy (non-hydrogen) atoms. The minimum atomic E-state index is -0.832. The molecule has 1 saturated carbocycles. The molecule has 0 bridgehead atoms. The van der Waals surface area contributed by atoms with Gasteiger partial charge >= 0.3 is 0 Å². The Hall–Kier alpha value is -1.26. The van der Waals surface area contributed by atoms with E-state index in [1.54, 1.807) is 18.2 Å². The maximum Gasteiger partial charge on any atom is 0.119 e. The summed E-state index contributed by atoms with van der Waals surface area (Å²) in [4.78, 5) is 0. The first-order valence-electron chi connectivity index (χ1n) is 8.70. The van der Waals surface area contributed by atoms with Crippen molar-refractivity contribution in [3.8, 4) is 5.75 Å². The lowest BCUT2D eigenvalue weighted by atomic mass is 9.96. The van der Waals surface area contributed by atoms with Crippen LogP contribution in [-0.2, 0) is 0 Å². The van der Waals surface area contributed by atoms with Crippen LogP contribution in [0.2, 0.25) is 10.0 Å². The van der Waals surface area contributed by atoms with Crippen molar-refractivity contribution in [1.29, 1.82) is 0 Å². The summed E-state index contributed by atoms with van der Waals surface area (Å²) in [6.07, 6.45) is 5.49. The number of benzene rings is 2. The Morgan fingerprint density at radius 3 is 2.20 bits per heavy atom. The molecule has 3 rings (SSSR count). The number of hydrogen-bond acceptors (Lipinski definition) is 3. The Kier molecular flexibility index (Phi) is 6.24. The van der Waals surface area contributed by atoms with Crippen molar-refractivity contribution < 1.29 is 9.84 Å². The topological polar surface area (TPSA) is 55.5 Å². The highest BCUT2D eigenvalue weighted by molar-refractivity contribution is 6.42. The molecule has 134 valence electrons. The van der Waals surface area contributed by atoms with Crippen molar-refractivity contribution in [1.82, 2.24) is 0 Å². The van der Waals surface area contributed by atoms with E-state index < -0.39 is 12.1 Å². The predicted molar refractivity (Wildman–Crippen MR) is 102 cm³/mol. The molecule has 5 heteroatoms. The summed E-state index contributed by atoms with van der Waals surface area (Å²) in [6.45, 7) is 0. The summed E-state index contributed by atoms with van der Waals surface area (Å²) >= 11 is 12.0. The van der Waals surface area contributed by atoms with Gasteiger partial charge in [0.1, 0.15) is 5.75 Å². The molecule has 0 amide bonds. The molecule has 1 aliphatic carbocycles. The van der Waals surface area contributed by atoms with Crippen molar-refractivity contribution in [2.75, 3.05) is 0 Å². The first-order valence-corrected chi connectivity index (χ1v) is 9.45. The molecule has 2 aromatic carbocycles. The molecule has 1 fully saturated rings. The zero-order chi connectivity index (χ0) is 17.8. The highest BCUT2D eigenvalue weighted by atomic mass is 35.5. The van der Waals surface area contributed by atoms with E-state index in [1.807, 2.05) is 24.3 Å². The summed E-state index contributed by atoms with van der Waals surface area (Å²) in [5.74, 6) is 0.839. The molecule has 2 atom stereocenters. The van der Waals surface area contributed by atoms with Gasteiger partial charge in [-0.1, -0.05) is 47.8 Å². The van der Waals surface area contributed by atoms with Crippen LogP contribution in [0.1, 0.15) is 55.4 Å². The summed E-state index contributed by atoms with van der Waals surface area (Å²) in [5, 5.41) is 11.5. The number of ether oxygens (including phenoxy) is 1. The molecule has 2 aromatic rings. The van der Waals surface area contributed by atoms with Crippen LogP contribution >= 0.6 is 23.2 Å². The van der Waals surface area contributed by atoms with Crippen LogP contribution in [0.25, 0.3) is 0 Å². The van der Waals surface area contributed by atoms with Crippen molar-refractivity contribution in [2.24, 2.45) is 5.73 Å². The zero-order valence-electron chi connectivity index (χ0n) is 14.0. The summed E-state index contributed by atoms with van der Waals surface area (Å²) in [5.41, 5.74) is 7.68. The summed E-state index contributed by atoms with van der Waals surface area (Å²) < 4.78 is 6.02. The van der Waals surface area contributed by atoms with Gasteiger partial charge in [0.25, 0.3) is 0 Å². The van der Waals surface area contributed by atoms with Gasteiger partial charge in [-0.2, -0.15) is 0 Å². The molecule has 0 unspecified atom stereocenters. The second-order valence-corrected chi connectivity index (χ2v) is 7.41. The molecule has 0 radical (unpaired) electrons. The monoisotopic (exact) mass is 379 g/mol. The van der Waals surface area contributed by atoms with E-state index in [-0.39, 0.29) is 0 Å². The molecule has 0 aliphatic heterocycles. The second kappa shape index (κ2) is 8.41. The zero-order valence-corrected chi connectivity index (χ0v) is 15.5. The van der Waals surface area contributed by atoms with Gasteiger partial charge in [-0.05, 0) is 61.1 Å². The van der Waals surface area contributed by atoms with E-state index in [1.165, 1.54) is 19.3 Å². The fraction of sp³-hybridized carbons (Fsp3) is 0.400. The highest BCUT2D eigenvalue weighted by Gasteiger charge is 2.20. The van der Waals surface area contributed by atoms with Gasteiger partial charge in [-0.15, -0.1) is 0 Å². The minimum Gasteiger partial charge on any atom is -0.490 e. The molecule has 3 nitrogen and oxygen atoms in total. The smallest absolute Gasteiger partial charge is 0.119 e.